The zero-order chi connectivity index (χ0) is 13.0. The van der Waals surface area contributed by atoms with E-state index < -0.39 is 6.10 Å². The van der Waals surface area contributed by atoms with Gasteiger partial charge in [-0.2, -0.15) is 0 Å². The van der Waals surface area contributed by atoms with Gasteiger partial charge in [-0.25, -0.2) is 4.68 Å². The summed E-state index contributed by atoms with van der Waals surface area (Å²) in [6, 6.07) is 7.21. The zero-order valence-electron chi connectivity index (χ0n) is 10.1. The summed E-state index contributed by atoms with van der Waals surface area (Å²) in [5.41, 5.74) is 1.43. The van der Waals surface area contributed by atoms with Crippen molar-refractivity contribution in [2.75, 3.05) is 12.4 Å². The lowest BCUT2D eigenvalue weighted by Crippen LogP contribution is -2.26. The fourth-order valence-electron chi connectivity index (χ4n) is 1.36. The number of ether oxygens (including phenoxy) is 1. The van der Waals surface area contributed by atoms with Crippen molar-refractivity contribution in [3.05, 3.63) is 30.6 Å². The maximum Gasteiger partial charge on any atom is 0.253 e. The van der Waals surface area contributed by atoms with Crippen LogP contribution in [0.15, 0.2) is 30.6 Å². The van der Waals surface area contributed by atoms with Crippen LogP contribution in [0.5, 0.6) is 0 Å². The normalized spacial score (nSPS) is 12.1. The number of hydrogen-bond acceptors (Lipinski definition) is 5. The van der Waals surface area contributed by atoms with Crippen LogP contribution in [0.1, 0.15) is 6.92 Å². The van der Waals surface area contributed by atoms with Gasteiger partial charge in [0.2, 0.25) is 0 Å². The van der Waals surface area contributed by atoms with Crippen LogP contribution in [0.3, 0.4) is 0 Å². The molecule has 94 valence electrons. The summed E-state index contributed by atoms with van der Waals surface area (Å²) in [5.74, 6) is -0.202. The van der Waals surface area contributed by atoms with Crippen molar-refractivity contribution in [3.8, 4) is 5.69 Å². The first-order chi connectivity index (χ1) is 8.70. The predicted octanol–water partition coefficient (Wildman–Crippen LogP) is 0.636. The quantitative estimate of drug-likeness (QED) is 0.857. The van der Waals surface area contributed by atoms with Crippen molar-refractivity contribution >= 4 is 11.6 Å². The Morgan fingerprint density at radius 1 is 1.50 bits per heavy atom. The molecule has 0 radical (unpaired) electrons. The molecule has 1 unspecified atom stereocenters. The minimum atomic E-state index is -0.498. The summed E-state index contributed by atoms with van der Waals surface area (Å²) in [6.07, 6.45) is 0.986. The van der Waals surface area contributed by atoms with Gasteiger partial charge in [0, 0.05) is 12.8 Å². The predicted molar refractivity (Wildman–Crippen MR) is 64.3 cm³/mol. The molecule has 18 heavy (non-hydrogen) atoms. The molecule has 0 spiro atoms. The highest BCUT2D eigenvalue weighted by Crippen LogP contribution is 2.13. The molecule has 1 aromatic heterocycles. The van der Waals surface area contributed by atoms with Gasteiger partial charge in [0.1, 0.15) is 12.4 Å². The van der Waals surface area contributed by atoms with Crippen molar-refractivity contribution in [3.63, 3.8) is 0 Å². The van der Waals surface area contributed by atoms with E-state index in [1.807, 2.05) is 12.1 Å². The molecule has 0 aliphatic heterocycles. The maximum atomic E-state index is 11.7. The number of rotatable bonds is 4. The highest BCUT2D eigenvalue weighted by Gasteiger charge is 2.11. The second-order valence-electron chi connectivity index (χ2n) is 3.67. The summed E-state index contributed by atoms with van der Waals surface area (Å²) in [4.78, 5) is 11.7. The Morgan fingerprint density at radius 2 is 2.33 bits per heavy atom. The molecule has 2 rings (SSSR count). The molecule has 1 heterocycles. The maximum absolute atomic E-state index is 11.7. The van der Waals surface area contributed by atoms with Crippen LogP contribution in [-0.4, -0.2) is 39.3 Å². The number of carbonyl (C=O) groups is 1. The van der Waals surface area contributed by atoms with Gasteiger partial charge >= 0.3 is 0 Å². The lowest BCUT2D eigenvalue weighted by molar-refractivity contribution is -0.124. The molecule has 2 aromatic rings. The first-order valence-corrected chi connectivity index (χ1v) is 5.38. The Labute approximate surface area is 104 Å². The molecule has 1 amide bonds. The van der Waals surface area contributed by atoms with Crippen LogP contribution < -0.4 is 5.32 Å². The molecular formula is C11H13N5O2. The smallest absolute Gasteiger partial charge is 0.253 e. The first kappa shape index (κ1) is 12.2. The summed E-state index contributed by atoms with van der Waals surface area (Å²) < 4.78 is 6.45. The van der Waals surface area contributed by atoms with Crippen molar-refractivity contribution in [2.24, 2.45) is 0 Å². The van der Waals surface area contributed by atoms with E-state index in [9.17, 15) is 4.79 Å². The van der Waals surface area contributed by atoms with Gasteiger partial charge in [-0.3, -0.25) is 4.79 Å². The van der Waals surface area contributed by atoms with Gasteiger partial charge in [-0.05, 0) is 35.5 Å². The Bertz CT molecular complexity index is 526. The Balaban J connectivity index is 2.16. The molecule has 7 nitrogen and oxygen atoms in total. The number of nitrogens with zero attached hydrogens (tertiary/aromatic N) is 4. The van der Waals surface area contributed by atoms with Crippen LogP contribution >= 0.6 is 0 Å². The first-order valence-electron chi connectivity index (χ1n) is 5.38. The summed E-state index contributed by atoms with van der Waals surface area (Å²) in [6.45, 7) is 1.68. The second-order valence-corrected chi connectivity index (χ2v) is 3.67. The average molecular weight is 247 g/mol. The summed E-state index contributed by atoms with van der Waals surface area (Å²) in [7, 11) is 1.49. The molecule has 1 aromatic carbocycles. The number of methoxy groups -OCH3 is 1. The van der Waals surface area contributed by atoms with E-state index >= 15 is 0 Å². The number of tetrazole rings is 1. The highest BCUT2D eigenvalue weighted by atomic mass is 16.5. The van der Waals surface area contributed by atoms with Gasteiger partial charge in [0.05, 0.1) is 5.69 Å². The van der Waals surface area contributed by atoms with E-state index in [-0.39, 0.29) is 5.91 Å². The number of anilines is 1. The number of amides is 1. The third kappa shape index (κ3) is 2.69. The van der Waals surface area contributed by atoms with Crippen LogP contribution in [-0.2, 0) is 9.53 Å². The number of carbonyl (C=O) groups excluding carboxylic acids is 1. The van der Waals surface area contributed by atoms with E-state index in [0.29, 0.717) is 5.69 Å². The van der Waals surface area contributed by atoms with Crippen molar-refractivity contribution in [1.29, 1.82) is 0 Å². The third-order valence-corrected chi connectivity index (χ3v) is 2.45. The molecule has 0 saturated carbocycles. The summed E-state index contributed by atoms with van der Waals surface area (Å²) in [5, 5.41) is 13.6. The van der Waals surface area contributed by atoms with Crippen LogP contribution in [0.4, 0.5) is 5.69 Å². The minimum absolute atomic E-state index is 0.202. The SMILES string of the molecule is COC(C)C(=O)Nc1cccc(-n2cnnn2)c1. The van der Waals surface area contributed by atoms with E-state index in [1.54, 1.807) is 19.1 Å². The number of hydrogen-bond donors (Lipinski definition) is 1. The molecule has 1 N–H and O–H groups in total. The highest BCUT2D eigenvalue weighted by molar-refractivity contribution is 5.94. The van der Waals surface area contributed by atoms with E-state index in [0.717, 1.165) is 5.69 Å². The Kier molecular flexibility index (Phi) is 3.63. The molecule has 0 bridgehead atoms. The fourth-order valence-corrected chi connectivity index (χ4v) is 1.36. The van der Waals surface area contributed by atoms with Gasteiger partial charge in [-0.15, -0.1) is 5.10 Å². The van der Waals surface area contributed by atoms with Crippen molar-refractivity contribution < 1.29 is 9.53 Å². The topological polar surface area (TPSA) is 81.9 Å². The second kappa shape index (κ2) is 5.37. The van der Waals surface area contributed by atoms with Gasteiger partial charge in [-0.1, -0.05) is 6.07 Å². The monoisotopic (exact) mass is 247 g/mol. The lowest BCUT2D eigenvalue weighted by atomic mass is 10.2. The third-order valence-electron chi connectivity index (χ3n) is 2.45. The molecule has 0 saturated heterocycles. The van der Waals surface area contributed by atoms with Crippen molar-refractivity contribution in [2.45, 2.75) is 13.0 Å². The van der Waals surface area contributed by atoms with Gasteiger partial charge in [0.15, 0.2) is 0 Å². The number of benzene rings is 1. The number of aromatic nitrogens is 4. The molecular weight excluding hydrogens is 234 g/mol. The minimum Gasteiger partial charge on any atom is -0.372 e. The van der Waals surface area contributed by atoms with E-state index in [2.05, 4.69) is 20.8 Å². The Morgan fingerprint density at radius 3 is 3.00 bits per heavy atom. The average Bonchev–Trinajstić information content (AvgIpc) is 2.92. The fraction of sp³-hybridized carbons (Fsp3) is 0.273. The van der Waals surface area contributed by atoms with Gasteiger partial charge in [0.25, 0.3) is 5.91 Å². The molecule has 0 fully saturated rings. The standard InChI is InChI=1S/C11H13N5O2/c1-8(18-2)11(17)13-9-4-3-5-10(6-9)16-7-12-14-15-16/h3-8H,1-2H3,(H,13,17). The number of nitrogens with one attached hydrogen (secondary N) is 1. The van der Waals surface area contributed by atoms with Crippen LogP contribution in [0, 0.1) is 0 Å². The Hall–Kier alpha value is -2.28. The van der Waals surface area contributed by atoms with E-state index in [4.69, 9.17) is 4.74 Å². The zero-order valence-corrected chi connectivity index (χ0v) is 10.1. The molecule has 0 aliphatic carbocycles. The van der Waals surface area contributed by atoms with E-state index in [1.165, 1.54) is 18.1 Å². The lowest BCUT2D eigenvalue weighted by Gasteiger charge is -2.11. The summed E-state index contributed by atoms with van der Waals surface area (Å²) >= 11 is 0. The molecule has 1 atom stereocenters. The van der Waals surface area contributed by atoms with Crippen LogP contribution in [0.25, 0.3) is 5.69 Å². The van der Waals surface area contributed by atoms with Crippen molar-refractivity contribution in [1.82, 2.24) is 20.2 Å². The van der Waals surface area contributed by atoms with Gasteiger partial charge < -0.3 is 10.1 Å². The largest absolute Gasteiger partial charge is 0.372 e. The molecule has 0 aliphatic rings. The van der Waals surface area contributed by atoms with Crippen LogP contribution in [0.2, 0.25) is 0 Å². The molecule has 7 heteroatoms.